The molecule has 3 heteroatoms. The molecule has 0 saturated heterocycles. The summed E-state index contributed by atoms with van der Waals surface area (Å²) in [6, 6.07) is 13.3. The Kier molecular flexibility index (Phi) is 4.05. The van der Waals surface area contributed by atoms with Gasteiger partial charge in [-0.25, -0.2) is 0 Å². The van der Waals surface area contributed by atoms with Crippen molar-refractivity contribution in [2.24, 2.45) is 5.73 Å². The molecule has 0 spiro atoms. The minimum absolute atomic E-state index is 0.0460. The zero-order valence-electron chi connectivity index (χ0n) is 12.6. The predicted molar refractivity (Wildman–Crippen MR) is 93.3 cm³/mol. The number of hydrogen-bond acceptors (Lipinski definition) is 2. The Morgan fingerprint density at radius 3 is 2.71 bits per heavy atom. The Labute approximate surface area is 135 Å². The minimum Gasteiger partial charge on any atom is -0.341 e. The van der Waals surface area contributed by atoms with Gasteiger partial charge in [0.1, 0.15) is 0 Å². The largest absolute Gasteiger partial charge is 0.341 e. The number of rotatable bonds is 2. The van der Waals surface area contributed by atoms with Crippen molar-refractivity contribution in [2.45, 2.75) is 32.7 Å². The third kappa shape index (κ3) is 2.85. The lowest BCUT2D eigenvalue weighted by molar-refractivity contribution is 0.764. The average molecular weight is 345 g/mol. The van der Waals surface area contributed by atoms with E-state index >= 15 is 0 Å². The molecule has 1 aliphatic rings. The fourth-order valence-electron chi connectivity index (χ4n) is 3.05. The zero-order valence-corrected chi connectivity index (χ0v) is 14.2. The van der Waals surface area contributed by atoms with E-state index in [-0.39, 0.29) is 6.04 Å². The monoisotopic (exact) mass is 344 g/mol. The quantitative estimate of drug-likeness (QED) is 0.842. The molecule has 2 aromatic carbocycles. The van der Waals surface area contributed by atoms with E-state index in [2.05, 4.69) is 64.2 Å². The average Bonchev–Trinajstić information content (AvgIpc) is 2.45. The molecule has 0 bridgehead atoms. The topological polar surface area (TPSA) is 29.3 Å². The van der Waals surface area contributed by atoms with Gasteiger partial charge >= 0.3 is 0 Å². The highest BCUT2D eigenvalue weighted by Gasteiger charge is 2.19. The normalized spacial score (nSPS) is 15.7. The first-order valence-electron chi connectivity index (χ1n) is 7.48. The molecule has 1 heterocycles. The molecule has 3 rings (SSSR count). The molecule has 1 aliphatic heterocycles. The van der Waals surface area contributed by atoms with Crippen LogP contribution in [0.25, 0.3) is 0 Å². The molecule has 1 atom stereocenters. The van der Waals surface area contributed by atoms with Gasteiger partial charge in [-0.3, -0.25) is 0 Å². The number of halogens is 1. The smallest absolute Gasteiger partial charge is 0.0443 e. The van der Waals surface area contributed by atoms with E-state index < -0.39 is 0 Å². The van der Waals surface area contributed by atoms with Crippen LogP contribution >= 0.6 is 15.9 Å². The highest BCUT2D eigenvalue weighted by molar-refractivity contribution is 9.10. The minimum atomic E-state index is 0.0460. The summed E-state index contributed by atoms with van der Waals surface area (Å²) < 4.78 is 1.09. The first-order valence-corrected chi connectivity index (χ1v) is 8.27. The van der Waals surface area contributed by atoms with Crippen LogP contribution < -0.4 is 10.6 Å². The van der Waals surface area contributed by atoms with Crippen LogP contribution in [0.15, 0.2) is 40.9 Å². The molecule has 110 valence electrons. The van der Waals surface area contributed by atoms with Crippen LogP contribution in [0.2, 0.25) is 0 Å². The van der Waals surface area contributed by atoms with Gasteiger partial charge in [-0.15, -0.1) is 0 Å². The van der Waals surface area contributed by atoms with Crippen LogP contribution in [0, 0.1) is 6.92 Å². The standard InChI is InChI=1S/C18H21BrN2/c1-12-5-8-18-14(10-12)4-3-9-21(18)15-6-7-16(13(2)20)17(19)11-15/h5-8,10-11,13H,3-4,9,20H2,1-2H3/t13-/m1/s1. The van der Waals surface area contributed by atoms with Crippen molar-refractivity contribution in [2.75, 3.05) is 11.4 Å². The number of nitrogens with zero attached hydrogens (tertiary/aromatic N) is 1. The van der Waals surface area contributed by atoms with Crippen LogP contribution in [-0.2, 0) is 6.42 Å². The van der Waals surface area contributed by atoms with Crippen molar-refractivity contribution in [1.82, 2.24) is 0 Å². The molecule has 21 heavy (non-hydrogen) atoms. The van der Waals surface area contributed by atoms with Crippen molar-refractivity contribution in [3.8, 4) is 0 Å². The molecular formula is C18H21BrN2. The van der Waals surface area contributed by atoms with E-state index in [1.807, 2.05) is 6.92 Å². The number of aryl methyl sites for hydroxylation is 2. The Balaban J connectivity index is 2.01. The third-order valence-corrected chi connectivity index (χ3v) is 4.83. The first-order chi connectivity index (χ1) is 10.1. The molecule has 2 N–H and O–H groups in total. The Morgan fingerprint density at radius 1 is 1.19 bits per heavy atom. The van der Waals surface area contributed by atoms with Gasteiger partial charge in [0.2, 0.25) is 0 Å². The van der Waals surface area contributed by atoms with Gasteiger partial charge in [0.25, 0.3) is 0 Å². The summed E-state index contributed by atoms with van der Waals surface area (Å²) >= 11 is 3.66. The Bertz CT molecular complexity index is 664. The molecule has 2 nitrogen and oxygen atoms in total. The molecule has 0 fully saturated rings. The second kappa shape index (κ2) is 5.82. The van der Waals surface area contributed by atoms with E-state index in [9.17, 15) is 0 Å². The van der Waals surface area contributed by atoms with Crippen molar-refractivity contribution >= 4 is 27.3 Å². The van der Waals surface area contributed by atoms with Crippen LogP contribution in [0.4, 0.5) is 11.4 Å². The highest BCUT2D eigenvalue weighted by atomic mass is 79.9. The molecule has 2 aromatic rings. The van der Waals surface area contributed by atoms with Gasteiger partial charge in [-0.2, -0.15) is 0 Å². The lowest BCUT2D eigenvalue weighted by atomic mass is 9.98. The summed E-state index contributed by atoms with van der Waals surface area (Å²) in [5.41, 5.74) is 12.5. The van der Waals surface area contributed by atoms with E-state index in [4.69, 9.17) is 5.73 Å². The van der Waals surface area contributed by atoms with E-state index in [1.165, 1.54) is 35.3 Å². The molecule has 0 radical (unpaired) electrons. The van der Waals surface area contributed by atoms with Crippen molar-refractivity contribution < 1.29 is 0 Å². The third-order valence-electron chi connectivity index (χ3n) is 4.14. The van der Waals surface area contributed by atoms with Gasteiger partial charge in [0.15, 0.2) is 0 Å². The van der Waals surface area contributed by atoms with Crippen molar-refractivity contribution in [3.05, 3.63) is 57.6 Å². The lowest BCUT2D eigenvalue weighted by Crippen LogP contribution is -2.24. The van der Waals surface area contributed by atoms with Gasteiger partial charge < -0.3 is 10.6 Å². The highest BCUT2D eigenvalue weighted by Crippen LogP contribution is 2.36. The lowest BCUT2D eigenvalue weighted by Gasteiger charge is -2.32. The van der Waals surface area contributed by atoms with Gasteiger partial charge in [-0.1, -0.05) is 39.7 Å². The number of fused-ring (bicyclic) bond motifs is 1. The Hall–Kier alpha value is -1.32. The van der Waals surface area contributed by atoms with Gasteiger partial charge in [0.05, 0.1) is 0 Å². The van der Waals surface area contributed by atoms with E-state index in [0.717, 1.165) is 16.6 Å². The predicted octanol–water partition coefficient (Wildman–Crippen LogP) is 4.86. The second-order valence-corrected chi connectivity index (χ2v) is 6.74. The molecule has 0 aromatic heterocycles. The molecular weight excluding hydrogens is 324 g/mol. The first kappa shape index (κ1) is 14.6. The summed E-state index contributed by atoms with van der Waals surface area (Å²) in [7, 11) is 0. The number of nitrogens with two attached hydrogens (primary N) is 1. The number of hydrogen-bond donors (Lipinski definition) is 1. The summed E-state index contributed by atoms with van der Waals surface area (Å²) in [4.78, 5) is 2.41. The van der Waals surface area contributed by atoms with Crippen LogP contribution in [-0.4, -0.2) is 6.54 Å². The fraction of sp³-hybridized carbons (Fsp3) is 0.333. The summed E-state index contributed by atoms with van der Waals surface area (Å²) in [5.74, 6) is 0. The van der Waals surface area contributed by atoms with Gasteiger partial charge in [-0.05, 0) is 56.0 Å². The van der Waals surface area contributed by atoms with Crippen molar-refractivity contribution in [1.29, 1.82) is 0 Å². The van der Waals surface area contributed by atoms with E-state index in [1.54, 1.807) is 0 Å². The maximum absolute atomic E-state index is 5.99. The summed E-state index contributed by atoms with van der Waals surface area (Å²) in [6.45, 7) is 5.24. The molecule has 0 aliphatic carbocycles. The second-order valence-electron chi connectivity index (χ2n) is 5.88. The molecule has 0 saturated carbocycles. The van der Waals surface area contributed by atoms with Crippen LogP contribution in [0.5, 0.6) is 0 Å². The van der Waals surface area contributed by atoms with E-state index in [0.29, 0.717) is 0 Å². The fourth-order valence-corrected chi connectivity index (χ4v) is 3.78. The van der Waals surface area contributed by atoms with Crippen LogP contribution in [0.3, 0.4) is 0 Å². The SMILES string of the molecule is Cc1ccc2c(c1)CCCN2c1ccc([C@@H](C)N)c(Br)c1. The molecule has 0 unspecified atom stereocenters. The maximum Gasteiger partial charge on any atom is 0.0443 e. The maximum atomic E-state index is 5.99. The van der Waals surface area contributed by atoms with Gasteiger partial charge in [0, 0.05) is 28.4 Å². The van der Waals surface area contributed by atoms with Crippen molar-refractivity contribution in [3.63, 3.8) is 0 Å². The Morgan fingerprint density at radius 2 is 2.00 bits per heavy atom. The summed E-state index contributed by atoms with van der Waals surface area (Å²) in [5, 5.41) is 0. The zero-order chi connectivity index (χ0) is 15.0. The van der Waals surface area contributed by atoms with Crippen LogP contribution in [0.1, 0.15) is 36.1 Å². The molecule has 0 amide bonds. The number of anilines is 2. The summed E-state index contributed by atoms with van der Waals surface area (Å²) in [6.07, 6.45) is 2.37. The number of benzene rings is 2.